The smallest absolute Gasteiger partial charge is 0.192 e. The quantitative estimate of drug-likeness (QED) is 0.284. The molecule has 4 aromatic rings. The summed E-state index contributed by atoms with van der Waals surface area (Å²) >= 11 is 1.82. The number of hydrogen-bond donors (Lipinski definition) is 0. The SMILES string of the molecule is CC(C)(C)c1ccc(-c2nnc(SCc3cccc4ccccc34)n2C2CCCCC2)cc1. The Morgan fingerprint density at radius 1 is 0.848 bits per heavy atom. The van der Waals surface area contributed by atoms with E-state index < -0.39 is 0 Å². The van der Waals surface area contributed by atoms with E-state index in [1.54, 1.807) is 0 Å². The standard InChI is InChI=1S/C29H33N3S/c1-29(2,3)24-18-16-22(17-19-24)27-30-31-28(32(27)25-13-5-4-6-14-25)33-20-23-12-9-11-21-10-7-8-15-26(21)23/h7-12,15-19,25H,4-6,13-14,20H2,1-3H3. The van der Waals surface area contributed by atoms with Crippen molar-refractivity contribution >= 4 is 22.5 Å². The van der Waals surface area contributed by atoms with E-state index >= 15 is 0 Å². The summed E-state index contributed by atoms with van der Waals surface area (Å²) in [6.07, 6.45) is 6.35. The molecule has 33 heavy (non-hydrogen) atoms. The molecular formula is C29H33N3S. The molecule has 0 amide bonds. The fourth-order valence-corrected chi connectivity index (χ4v) is 5.93. The zero-order chi connectivity index (χ0) is 22.8. The first-order valence-electron chi connectivity index (χ1n) is 12.2. The lowest BCUT2D eigenvalue weighted by atomic mass is 9.86. The highest BCUT2D eigenvalue weighted by atomic mass is 32.2. The number of aromatic nitrogens is 3. The molecule has 0 atom stereocenters. The van der Waals surface area contributed by atoms with E-state index in [1.807, 2.05) is 11.8 Å². The van der Waals surface area contributed by atoms with Gasteiger partial charge in [0.1, 0.15) is 0 Å². The summed E-state index contributed by atoms with van der Waals surface area (Å²) in [6.45, 7) is 6.78. The van der Waals surface area contributed by atoms with Gasteiger partial charge >= 0.3 is 0 Å². The van der Waals surface area contributed by atoms with E-state index in [9.17, 15) is 0 Å². The maximum atomic E-state index is 4.72. The van der Waals surface area contributed by atoms with Gasteiger partial charge in [0.25, 0.3) is 0 Å². The minimum atomic E-state index is 0.148. The molecule has 1 saturated carbocycles. The predicted molar refractivity (Wildman–Crippen MR) is 140 cm³/mol. The number of hydrogen-bond acceptors (Lipinski definition) is 3. The van der Waals surface area contributed by atoms with Crippen LogP contribution >= 0.6 is 11.8 Å². The van der Waals surface area contributed by atoms with Gasteiger partial charge in [-0.25, -0.2) is 0 Å². The monoisotopic (exact) mass is 455 g/mol. The summed E-state index contributed by atoms with van der Waals surface area (Å²) in [4.78, 5) is 0. The molecule has 0 unspecified atom stereocenters. The maximum absolute atomic E-state index is 4.72. The second-order valence-corrected chi connectivity index (χ2v) is 11.2. The van der Waals surface area contributed by atoms with Gasteiger partial charge in [0.2, 0.25) is 0 Å². The van der Waals surface area contributed by atoms with Crippen LogP contribution in [0.5, 0.6) is 0 Å². The zero-order valence-corrected chi connectivity index (χ0v) is 20.7. The third-order valence-corrected chi connectivity index (χ3v) is 7.84. The summed E-state index contributed by atoms with van der Waals surface area (Å²) in [5.41, 5.74) is 4.01. The molecule has 3 aromatic carbocycles. The van der Waals surface area contributed by atoms with Crippen LogP contribution in [0.15, 0.2) is 71.9 Å². The molecule has 0 radical (unpaired) electrons. The molecule has 1 aromatic heterocycles. The number of nitrogens with zero attached hydrogens (tertiary/aromatic N) is 3. The molecule has 1 aliphatic carbocycles. The normalized spacial score (nSPS) is 15.2. The third-order valence-electron chi connectivity index (χ3n) is 6.85. The van der Waals surface area contributed by atoms with Crippen LogP contribution in [0.1, 0.15) is 70.0 Å². The Labute approximate surface area is 201 Å². The first-order valence-corrected chi connectivity index (χ1v) is 13.1. The minimum absolute atomic E-state index is 0.148. The molecule has 5 rings (SSSR count). The molecule has 170 valence electrons. The average molecular weight is 456 g/mol. The van der Waals surface area contributed by atoms with Crippen LogP contribution in [0.3, 0.4) is 0 Å². The van der Waals surface area contributed by atoms with Gasteiger partial charge in [0.15, 0.2) is 11.0 Å². The van der Waals surface area contributed by atoms with Crippen molar-refractivity contribution in [2.75, 3.05) is 0 Å². The van der Waals surface area contributed by atoms with Gasteiger partial charge in [0.05, 0.1) is 0 Å². The summed E-state index contributed by atoms with van der Waals surface area (Å²) in [6, 6.07) is 24.7. The first-order chi connectivity index (χ1) is 16.0. The third kappa shape index (κ3) is 4.72. The molecule has 0 bridgehead atoms. The summed E-state index contributed by atoms with van der Waals surface area (Å²) < 4.78 is 2.45. The van der Waals surface area contributed by atoms with Crippen molar-refractivity contribution in [2.24, 2.45) is 0 Å². The summed E-state index contributed by atoms with van der Waals surface area (Å²) in [7, 11) is 0. The van der Waals surface area contributed by atoms with Crippen molar-refractivity contribution < 1.29 is 0 Å². The van der Waals surface area contributed by atoms with Crippen LogP contribution in [0.25, 0.3) is 22.2 Å². The van der Waals surface area contributed by atoms with Crippen molar-refractivity contribution in [3.05, 3.63) is 77.9 Å². The Balaban J connectivity index is 1.48. The molecule has 1 fully saturated rings. The molecule has 4 heteroatoms. The van der Waals surface area contributed by atoms with Crippen LogP contribution in [0, 0.1) is 0 Å². The molecule has 3 nitrogen and oxygen atoms in total. The van der Waals surface area contributed by atoms with E-state index in [2.05, 4.69) is 92.1 Å². The van der Waals surface area contributed by atoms with Crippen LogP contribution < -0.4 is 0 Å². The van der Waals surface area contributed by atoms with Crippen LogP contribution in [0.2, 0.25) is 0 Å². The average Bonchev–Trinajstić information content (AvgIpc) is 3.27. The number of fused-ring (bicyclic) bond motifs is 1. The van der Waals surface area contributed by atoms with Crippen molar-refractivity contribution in [3.8, 4) is 11.4 Å². The molecule has 0 spiro atoms. The van der Waals surface area contributed by atoms with Crippen LogP contribution in [-0.4, -0.2) is 14.8 Å². The van der Waals surface area contributed by atoms with Gasteiger partial charge in [-0.3, -0.25) is 4.57 Å². The second-order valence-electron chi connectivity index (χ2n) is 10.2. The summed E-state index contributed by atoms with van der Waals surface area (Å²) in [5, 5.41) is 13.1. The van der Waals surface area contributed by atoms with Crippen molar-refractivity contribution in [1.29, 1.82) is 0 Å². The van der Waals surface area contributed by atoms with Gasteiger partial charge in [-0.2, -0.15) is 0 Å². The Morgan fingerprint density at radius 3 is 2.33 bits per heavy atom. The molecular weight excluding hydrogens is 422 g/mol. The minimum Gasteiger partial charge on any atom is -0.299 e. The first kappa shape index (κ1) is 22.2. The number of benzene rings is 3. The van der Waals surface area contributed by atoms with Crippen LogP contribution in [0.4, 0.5) is 0 Å². The maximum Gasteiger partial charge on any atom is 0.192 e. The highest BCUT2D eigenvalue weighted by molar-refractivity contribution is 7.98. The van der Waals surface area contributed by atoms with Gasteiger partial charge in [0, 0.05) is 17.4 Å². The fraction of sp³-hybridized carbons (Fsp3) is 0.379. The van der Waals surface area contributed by atoms with Gasteiger partial charge < -0.3 is 0 Å². The van der Waals surface area contributed by atoms with Gasteiger partial charge in [-0.15, -0.1) is 10.2 Å². The van der Waals surface area contributed by atoms with E-state index in [0.717, 1.165) is 22.3 Å². The van der Waals surface area contributed by atoms with E-state index in [4.69, 9.17) is 10.2 Å². The molecule has 1 heterocycles. The highest BCUT2D eigenvalue weighted by Crippen LogP contribution is 2.37. The fourth-order valence-electron chi connectivity index (χ4n) is 4.92. The molecule has 0 saturated heterocycles. The predicted octanol–water partition coefficient (Wildman–Crippen LogP) is 8.19. The lowest BCUT2D eigenvalue weighted by Gasteiger charge is -2.26. The number of thioether (sulfide) groups is 1. The topological polar surface area (TPSA) is 30.7 Å². The van der Waals surface area contributed by atoms with Crippen LogP contribution in [-0.2, 0) is 11.2 Å². The largest absolute Gasteiger partial charge is 0.299 e. The Bertz CT molecular complexity index is 1220. The summed E-state index contributed by atoms with van der Waals surface area (Å²) in [5.74, 6) is 1.91. The Hall–Kier alpha value is -2.59. The Kier molecular flexibility index (Phi) is 6.29. The molecule has 1 aliphatic rings. The van der Waals surface area contributed by atoms with E-state index in [1.165, 1.54) is 54.0 Å². The zero-order valence-electron chi connectivity index (χ0n) is 19.9. The Morgan fingerprint density at radius 2 is 1.58 bits per heavy atom. The molecule has 0 aliphatic heterocycles. The molecule has 0 N–H and O–H groups in total. The van der Waals surface area contributed by atoms with Crippen molar-refractivity contribution in [2.45, 2.75) is 75.2 Å². The van der Waals surface area contributed by atoms with Crippen molar-refractivity contribution in [3.63, 3.8) is 0 Å². The van der Waals surface area contributed by atoms with E-state index in [-0.39, 0.29) is 5.41 Å². The van der Waals surface area contributed by atoms with Crippen molar-refractivity contribution in [1.82, 2.24) is 14.8 Å². The van der Waals surface area contributed by atoms with Gasteiger partial charge in [-0.05, 0) is 40.2 Å². The van der Waals surface area contributed by atoms with E-state index in [0.29, 0.717) is 6.04 Å². The lowest BCUT2D eigenvalue weighted by molar-refractivity contribution is 0.339. The lowest BCUT2D eigenvalue weighted by Crippen LogP contribution is -2.15. The number of rotatable bonds is 5. The highest BCUT2D eigenvalue weighted by Gasteiger charge is 2.24. The second kappa shape index (κ2) is 9.34. The van der Waals surface area contributed by atoms with Gasteiger partial charge in [-0.1, -0.05) is 119 Å².